The minimum Gasteiger partial charge on any atom is -0.385 e. The van der Waals surface area contributed by atoms with E-state index in [4.69, 9.17) is 5.73 Å². The molecule has 1 rings (SSSR count). The van der Waals surface area contributed by atoms with Gasteiger partial charge < -0.3 is 10.6 Å². The summed E-state index contributed by atoms with van der Waals surface area (Å²) in [4.78, 5) is 12.7. The van der Waals surface area contributed by atoms with Crippen molar-refractivity contribution in [2.45, 2.75) is 12.8 Å². The number of carbonyl (C=O) groups is 1. The molecule has 0 spiro atoms. The summed E-state index contributed by atoms with van der Waals surface area (Å²) < 4.78 is 0.194. The molecule has 3 nitrogen and oxygen atoms in total. The fourth-order valence-electron chi connectivity index (χ4n) is 1.05. The van der Waals surface area contributed by atoms with E-state index in [0.717, 1.165) is 25.9 Å². The molecule has 0 unspecified atom stereocenters. The average molecular weight is 218 g/mol. The van der Waals surface area contributed by atoms with E-state index in [-0.39, 0.29) is 10.2 Å². The first-order chi connectivity index (χ1) is 6.07. The standard InChI is InChI=1S/C7H11NO.CH3NS2/c1-2-5-8-6-3-4-7(8)9;2-1(3)4/h2H,1,3-6H2;(H3,2,3,4). The van der Waals surface area contributed by atoms with Crippen LogP contribution < -0.4 is 5.73 Å². The van der Waals surface area contributed by atoms with Crippen LogP contribution in [0.15, 0.2) is 12.7 Å². The Morgan fingerprint density at radius 3 is 2.69 bits per heavy atom. The Bertz CT molecular complexity index is 202. The van der Waals surface area contributed by atoms with E-state index in [2.05, 4.69) is 31.4 Å². The zero-order valence-electron chi connectivity index (χ0n) is 7.40. The maximum Gasteiger partial charge on any atom is 0.222 e. The molecule has 0 radical (unpaired) electrons. The lowest BCUT2D eigenvalue weighted by molar-refractivity contribution is -0.127. The lowest BCUT2D eigenvalue weighted by atomic mass is 10.4. The third-order valence-electron chi connectivity index (χ3n) is 1.52. The molecule has 13 heavy (non-hydrogen) atoms. The molecule has 1 aliphatic rings. The highest BCUT2D eigenvalue weighted by Crippen LogP contribution is 2.07. The molecule has 0 aromatic carbocycles. The first-order valence-electron chi connectivity index (χ1n) is 3.95. The van der Waals surface area contributed by atoms with Crippen molar-refractivity contribution in [2.24, 2.45) is 5.73 Å². The van der Waals surface area contributed by atoms with Crippen molar-refractivity contribution in [1.29, 1.82) is 0 Å². The highest BCUT2D eigenvalue weighted by molar-refractivity contribution is 8.10. The van der Waals surface area contributed by atoms with Crippen molar-refractivity contribution < 1.29 is 4.79 Å². The highest BCUT2D eigenvalue weighted by atomic mass is 32.1. The number of likely N-dealkylation sites (tertiary alicyclic amines) is 1. The number of nitrogens with two attached hydrogens (primary N) is 1. The smallest absolute Gasteiger partial charge is 0.222 e. The van der Waals surface area contributed by atoms with Crippen LogP contribution in [0.2, 0.25) is 0 Å². The quantitative estimate of drug-likeness (QED) is 0.412. The molecule has 2 N–H and O–H groups in total. The van der Waals surface area contributed by atoms with E-state index in [0.29, 0.717) is 0 Å². The minimum absolute atomic E-state index is 0.194. The van der Waals surface area contributed by atoms with Gasteiger partial charge in [0, 0.05) is 19.5 Å². The topological polar surface area (TPSA) is 46.3 Å². The van der Waals surface area contributed by atoms with Crippen molar-refractivity contribution in [1.82, 2.24) is 4.90 Å². The van der Waals surface area contributed by atoms with E-state index in [1.807, 2.05) is 4.90 Å². The summed E-state index contributed by atoms with van der Waals surface area (Å²) in [5, 5.41) is 0. The van der Waals surface area contributed by atoms with Gasteiger partial charge in [0.05, 0.1) is 0 Å². The van der Waals surface area contributed by atoms with E-state index in [1.165, 1.54) is 0 Å². The third kappa shape index (κ3) is 6.60. The van der Waals surface area contributed by atoms with E-state index < -0.39 is 0 Å². The van der Waals surface area contributed by atoms with Gasteiger partial charge in [0.2, 0.25) is 5.91 Å². The predicted octanol–water partition coefficient (Wildman–Crippen LogP) is 0.955. The van der Waals surface area contributed by atoms with E-state index in [9.17, 15) is 4.79 Å². The minimum atomic E-state index is 0.194. The lowest BCUT2D eigenvalue weighted by Gasteiger charge is -2.10. The zero-order valence-corrected chi connectivity index (χ0v) is 9.11. The Hall–Kier alpha value is -0.550. The number of rotatable bonds is 2. The molecule has 1 fully saturated rings. The molecule has 1 heterocycles. The number of thiocarbonyl (C=S) groups is 1. The molecule has 1 amide bonds. The van der Waals surface area contributed by atoms with Gasteiger partial charge in [-0.3, -0.25) is 4.79 Å². The molecule has 1 aliphatic heterocycles. The van der Waals surface area contributed by atoms with Crippen LogP contribution in [0.4, 0.5) is 0 Å². The number of carbonyl (C=O) groups excluding carboxylic acids is 1. The predicted molar refractivity (Wildman–Crippen MR) is 61.8 cm³/mol. The first-order valence-corrected chi connectivity index (χ1v) is 4.80. The Balaban J connectivity index is 0.000000310. The molecule has 0 bridgehead atoms. The zero-order chi connectivity index (χ0) is 10.3. The number of nitrogens with zero attached hydrogens (tertiary/aromatic N) is 1. The normalized spacial score (nSPS) is 14.8. The molecule has 0 atom stereocenters. The average Bonchev–Trinajstić information content (AvgIpc) is 2.36. The fraction of sp³-hybridized carbons (Fsp3) is 0.500. The molecule has 0 aromatic rings. The van der Waals surface area contributed by atoms with Crippen LogP contribution in [0.1, 0.15) is 12.8 Å². The summed E-state index contributed by atoms with van der Waals surface area (Å²) in [7, 11) is 0. The third-order valence-corrected chi connectivity index (χ3v) is 1.52. The van der Waals surface area contributed by atoms with Gasteiger partial charge in [-0.25, -0.2) is 0 Å². The second-order valence-electron chi connectivity index (χ2n) is 2.57. The van der Waals surface area contributed by atoms with Gasteiger partial charge in [0.15, 0.2) is 0 Å². The van der Waals surface area contributed by atoms with Gasteiger partial charge in [0.25, 0.3) is 0 Å². The lowest BCUT2D eigenvalue weighted by Crippen LogP contribution is -2.24. The number of hydrogen-bond acceptors (Lipinski definition) is 2. The SMILES string of the molecule is C=CCN1CCCC1=O.NC(=S)S. The molecule has 0 aliphatic carbocycles. The summed E-state index contributed by atoms with van der Waals surface area (Å²) in [6, 6.07) is 0. The summed E-state index contributed by atoms with van der Waals surface area (Å²) in [5.74, 6) is 0.273. The summed E-state index contributed by atoms with van der Waals surface area (Å²) in [6.45, 7) is 5.21. The van der Waals surface area contributed by atoms with Crippen molar-refractivity contribution in [3.8, 4) is 0 Å². The number of thiol groups is 1. The van der Waals surface area contributed by atoms with Crippen LogP contribution >= 0.6 is 24.8 Å². The maximum absolute atomic E-state index is 10.8. The Morgan fingerprint density at radius 1 is 1.85 bits per heavy atom. The van der Waals surface area contributed by atoms with E-state index >= 15 is 0 Å². The second kappa shape index (κ2) is 6.91. The Labute approximate surface area is 89.4 Å². The largest absolute Gasteiger partial charge is 0.385 e. The van der Waals surface area contributed by atoms with Crippen LogP contribution in [0.5, 0.6) is 0 Å². The molecule has 0 aromatic heterocycles. The van der Waals surface area contributed by atoms with Gasteiger partial charge in [-0.2, -0.15) is 0 Å². The van der Waals surface area contributed by atoms with Crippen LogP contribution in [0.3, 0.4) is 0 Å². The van der Waals surface area contributed by atoms with Gasteiger partial charge in [-0.1, -0.05) is 18.3 Å². The van der Waals surface area contributed by atoms with Crippen LogP contribution in [-0.2, 0) is 4.79 Å². The highest BCUT2D eigenvalue weighted by Gasteiger charge is 2.17. The Morgan fingerprint density at radius 2 is 2.38 bits per heavy atom. The van der Waals surface area contributed by atoms with Crippen molar-refractivity contribution >= 4 is 35.1 Å². The van der Waals surface area contributed by atoms with Gasteiger partial charge in [-0.05, 0) is 6.42 Å². The van der Waals surface area contributed by atoms with Gasteiger partial charge in [0.1, 0.15) is 4.32 Å². The Kier molecular flexibility index (Phi) is 6.62. The molecule has 0 saturated carbocycles. The number of hydrogen-bond donors (Lipinski definition) is 2. The maximum atomic E-state index is 10.8. The van der Waals surface area contributed by atoms with Crippen LogP contribution in [-0.4, -0.2) is 28.2 Å². The fourth-order valence-corrected chi connectivity index (χ4v) is 1.05. The van der Waals surface area contributed by atoms with Crippen LogP contribution in [0, 0.1) is 0 Å². The molecule has 1 saturated heterocycles. The second-order valence-corrected chi connectivity index (χ2v) is 3.79. The van der Waals surface area contributed by atoms with Crippen LogP contribution in [0.25, 0.3) is 0 Å². The van der Waals surface area contributed by atoms with Gasteiger partial charge in [-0.15, -0.1) is 19.2 Å². The summed E-state index contributed by atoms with van der Waals surface area (Å²) in [5.41, 5.74) is 4.71. The number of amides is 1. The monoisotopic (exact) mass is 218 g/mol. The molecular formula is C8H14N2OS2. The first kappa shape index (κ1) is 12.4. The summed E-state index contributed by atoms with van der Waals surface area (Å²) in [6.07, 6.45) is 3.52. The molecule has 5 heteroatoms. The van der Waals surface area contributed by atoms with Crippen molar-refractivity contribution in [2.75, 3.05) is 13.1 Å². The molecule has 74 valence electrons. The molecular weight excluding hydrogens is 204 g/mol. The van der Waals surface area contributed by atoms with Crippen molar-refractivity contribution in [3.63, 3.8) is 0 Å². The van der Waals surface area contributed by atoms with Crippen molar-refractivity contribution in [3.05, 3.63) is 12.7 Å². The van der Waals surface area contributed by atoms with E-state index in [1.54, 1.807) is 6.08 Å². The summed E-state index contributed by atoms with van der Waals surface area (Å²) >= 11 is 7.65. The van der Waals surface area contributed by atoms with Gasteiger partial charge >= 0.3 is 0 Å².